The Hall–Kier alpha value is -1.88. The molecule has 2 aromatic rings. The second kappa shape index (κ2) is 7.22. The molecule has 0 unspecified atom stereocenters. The normalized spacial score (nSPS) is 10.5. The second-order valence-corrected chi connectivity index (χ2v) is 5.03. The van der Waals surface area contributed by atoms with Crippen LogP contribution in [-0.4, -0.2) is 21.5 Å². The van der Waals surface area contributed by atoms with Gasteiger partial charge in [-0.15, -0.1) is 0 Å². The van der Waals surface area contributed by atoms with Crippen LogP contribution in [-0.2, 0) is 6.42 Å². The Bertz CT molecular complexity index is 619. The summed E-state index contributed by atoms with van der Waals surface area (Å²) >= 11 is 6.11. The van der Waals surface area contributed by atoms with Gasteiger partial charge in [-0.3, -0.25) is 4.98 Å². The van der Waals surface area contributed by atoms with Gasteiger partial charge in [0.25, 0.3) is 0 Å². The molecule has 0 atom stereocenters. The van der Waals surface area contributed by atoms with E-state index in [0.717, 1.165) is 30.8 Å². The number of ether oxygens (including phenoxy) is 1. The van der Waals surface area contributed by atoms with Gasteiger partial charge in [0.1, 0.15) is 5.02 Å². The van der Waals surface area contributed by atoms with E-state index in [4.69, 9.17) is 16.3 Å². The molecule has 6 heteroatoms. The lowest BCUT2D eigenvalue weighted by atomic mass is 10.2. The van der Waals surface area contributed by atoms with Gasteiger partial charge in [0.15, 0.2) is 5.75 Å². The molecule has 0 fully saturated rings. The number of nitrogens with zero attached hydrogens (tertiary/aromatic N) is 3. The molecule has 2 aromatic heterocycles. The van der Waals surface area contributed by atoms with Crippen LogP contribution in [0.2, 0.25) is 5.02 Å². The molecule has 2 heterocycles. The lowest BCUT2D eigenvalue weighted by Gasteiger charge is -2.11. The predicted octanol–water partition coefficient (Wildman–Crippen LogP) is 4.01. The van der Waals surface area contributed by atoms with Crippen molar-refractivity contribution in [2.45, 2.75) is 33.6 Å². The standard InChI is InChI=1S/C15H19ClN4O/c1-4-8-17-15-18-9-11(16)14(20-15)21-13-7-6-10(3)19-12(13)5-2/h6-7,9H,4-5,8H2,1-3H3,(H,17,18,20). The van der Waals surface area contributed by atoms with Crippen LogP contribution in [0, 0.1) is 6.92 Å². The van der Waals surface area contributed by atoms with E-state index in [-0.39, 0.29) is 0 Å². The van der Waals surface area contributed by atoms with Crippen LogP contribution in [0.3, 0.4) is 0 Å². The molecule has 0 aliphatic rings. The van der Waals surface area contributed by atoms with Crippen molar-refractivity contribution >= 4 is 17.5 Å². The molecule has 112 valence electrons. The number of aryl methyl sites for hydroxylation is 2. The van der Waals surface area contributed by atoms with E-state index in [0.29, 0.717) is 22.6 Å². The first-order chi connectivity index (χ1) is 10.1. The quantitative estimate of drug-likeness (QED) is 0.873. The molecular weight excluding hydrogens is 288 g/mol. The molecule has 0 spiro atoms. The molecular formula is C15H19ClN4O. The average Bonchev–Trinajstić information content (AvgIpc) is 2.49. The van der Waals surface area contributed by atoms with Crippen molar-refractivity contribution in [2.24, 2.45) is 0 Å². The zero-order valence-electron chi connectivity index (χ0n) is 12.5. The second-order valence-electron chi connectivity index (χ2n) is 4.63. The van der Waals surface area contributed by atoms with E-state index in [1.807, 2.05) is 26.0 Å². The van der Waals surface area contributed by atoms with Crippen molar-refractivity contribution in [1.82, 2.24) is 15.0 Å². The third-order valence-corrected chi connectivity index (χ3v) is 3.12. The lowest BCUT2D eigenvalue weighted by Crippen LogP contribution is -2.05. The fourth-order valence-corrected chi connectivity index (χ4v) is 1.92. The van der Waals surface area contributed by atoms with Gasteiger partial charge in [-0.05, 0) is 31.9 Å². The molecule has 2 rings (SSSR count). The van der Waals surface area contributed by atoms with Crippen molar-refractivity contribution < 1.29 is 4.74 Å². The first-order valence-electron chi connectivity index (χ1n) is 7.04. The Kier molecular flexibility index (Phi) is 5.33. The molecule has 21 heavy (non-hydrogen) atoms. The van der Waals surface area contributed by atoms with Crippen LogP contribution in [0.4, 0.5) is 5.95 Å². The van der Waals surface area contributed by atoms with E-state index < -0.39 is 0 Å². The summed E-state index contributed by atoms with van der Waals surface area (Å²) in [5, 5.41) is 3.48. The Balaban J connectivity index is 2.26. The van der Waals surface area contributed by atoms with Gasteiger partial charge < -0.3 is 10.1 Å². The third-order valence-electron chi connectivity index (χ3n) is 2.86. The number of aromatic nitrogens is 3. The van der Waals surface area contributed by atoms with Crippen LogP contribution in [0.25, 0.3) is 0 Å². The molecule has 0 saturated carbocycles. The molecule has 5 nitrogen and oxygen atoms in total. The zero-order valence-corrected chi connectivity index (χ0v) is 13.2. The summed E-state index contributed by atoms with van der Waals surface area (Å²) in [6.07, 6.45) is 3.31. The van der Waals surface area contributed by atoms with Crippen molar-refractivity contribution in [2.75, 3.05) is 11.9 Å². The first kappa shape index (κ1) is 15.5. The molecule has 0 aliphatic carbocycles. The van der Waals surface area contributed by atoms with Gasteiger partial charge in [-0.2, -0.15) is 4.98 Å². The summed E-state index contributed by atoms with van der Waals surface area (Å²) in [4.78, 5) is 12.9. The molecule has 0 aromatic carbocycles. The molecule has 0 saturated heterocycles. The fraction of sp³-hybridized carbons (Fsp3) is 0.400. The number of anilines is 1. The minimum atomic E-state index is 0.339. The monoisotopic (exact) mass is 306 g/mol. The van der Waals surface area contributed by atoms with Gasteiger partial charge in [-0.25, -0.2) is 4.98 Å². The van der Waals surface area contributed by atoms with E-state index >= 15 is 0 Å². The summed E-state index contributed by atoms with van der Waals surface area (Å²) in [6.45, 7) is 6.86. The lowest BCUT2D eigenvalue weighted by molar-refractivity contribution is 0.453. The number of rotatable bonds is 6. The molecule has 0 aliphatic heterocycles. The van der Waals surface area contributed by atoms with Gasteiger partial charge >= 0.3 is 0 Å². The number of hydrogen-bond donors (Lipinski definition) is 1. The highest BCUT2D eigenvalue weighted by Gasteiger charge is 2.11. The van der Waals surface area contributed by atoms with Crippen LogP contribution in [0.5, 0.6) is 11.6 Å². The third kappa shape index (κ3) is 4.04. The van der Waals surface area contributed by atoms with E-state index in [1.165, 1.54) is 6.20 Å². The minimum Gasteiger partial charge on any atom is -0.435 e. The summed E-state index contributed by atoms with van der Waals surface area (Å²) < 4.78 is 5.82. The predicted molar refractivity (Wildman–Crippen MR) is 84.2 cm³/mol. The maximum Gasteiger partial charge on any atom is 0.243 e. The SMILES string of the molecule is CCCNc1ncc(Cl)c(Oc2ccc(C)nc2CC)n1. The summed E-state index contributed by atoms with van der Waals surface area (Å²) in [7, 11) is 0. The van der Waals surface area contributed by atoms with Crippen molar-refractivity contribution in [3.8, 4) is 11.6 Å². The minimum absolute atomic E-state index is 0.339. The van der Waals surface area contributed by atoms with Crippen LogP contribution < -0.4 is 10.1 Å². The summed E-state index contributed by atoms with van der Waals surface area (Å²) in [5.41, 5.74) is 1.84. The Morgan fingerprint density at radius 2 is 2.05 bits per heavy atom. The van der Waals surface area contributed by atoms with Gasteiger partial charge in [-0.1, -0.05) is 25.4 Å². The zero-order chi connectivity index (χ0) is 15.2. The molecule has 0 radical (unpaired) electrons. The van der Waals surface area contributed by atoms with Crippen molar-refractivity contribution in [3.05, 3.63) is 34.7 Å². The van der Waals surface area contributed by atoms with Crippen LogP contribution >= 0.6 is 11.6 Å². The van der Waals surface area contributed by atoms with E-state index in [1.54, 1.807) is 0 Å². The van der Waals surface area contributed by atoms with Gasteiger partial charge in [0.2, 0.25) is 11.8 Å². The Morgan fingerprint density at radius 1 is 1.24 bits per heavy atom. The number of halogens is 1. The van der Waals surface area contributed by atoms with Crippen LogP contribution in [0.1, 0.15) is 31.7 Å². The van der Waals surface area contributed by atoms with E-state index in [9.17, 15) is 0 Å². The fourth-order valence-electron chi connectivity index (χ4n) is 1.79. The van der Waals surface area contributed by atoms with Crippen molar-refractivity contribution in [1.29, 1.82) is 0 Å². The maximum absolute atomic E-state index is 6.11. The first-order valence-corrected chi connectivity index (χ1v) is 7.42. The summed E-state index contributed by atoms with van der Waals surface area (Å²) in [6, 6.07) is 3.79. The van der Waals surface area contributed by atoms with Crippen molar-refractivity contribution in [3.63, 3.8) is 0 Å². The highest BCUT2D eigenvalue weighted by atomic mass is 35.5. The molecule has 1 N–H and O–H groups in total. The topological polar surface area (TPSA) is 59.9 Å². The molecule has 0 bridgehead atoms. The maximum atomic E-state index is 6.11. The number of nitrogens with one attached hydrogen (secondary N) is 1. The summed E-state index contributed by atoms with van der Waals surface area (Å²) in [5.74, 6) is 1.52. The number of pyridine rings is 1. The smallest absolute Gasteiger partial charge is 0.243 e. The number of hydrogen-bond acceptors (Lipinski definition) is 5. The molecule has 0 amide bonds. The Labute approximate surface area is 129 Å². The highest BCUT2D eigenvalue weighted by molar-refractivity contribution is 6.31. The Morgan fingerprint density at radius 3 is 2.76 bits per heavy atom. The van der Waals surface area contributed by atoms with Gasteiger partial charge in [0.05, 0.1) is 11.9 Å². The van der Waals surface area contributed by atoms with Crippen LogP contribution in [0.15, 0.2) is 18.3 Å². The highest BCUT2D eigenvalue weighted by Crippen LogP contribution is 2.29. The largest absolute Gasteiger partial charge is 0.435 e. The van der Waals surface area contributed by atoms with E-state index in [2.05, 4.69) is 27.2 Å². The van der Waals surface area contributed by atoms with Gasteiger partial charge in [0, 0.05) is 12.2 Å². The average molecular weight is 307 g/mol.